The van der Waals surface area contributed by atoms with E-state index in [1.807, 2.05) is 6.92 Å². The van der Waals surface area contributed by atoms with E-state index in [0.29, 0.717) is 30.6 Å². The first kappa shape index (κ1) is 16.8. The second kappa shape index (κ2) is 7.25. The highest BCUT2D eigenvalue weighted by Crippen LogP contribution is 2.21. The number of rotatable bonds is 6. The molecule has 0 aliphatic rings. The third-order valence-corrected chi connectivity index (χ3v) is 4.12. The van der Waals surface area contributed by atoms with Gasteiger partial charge in [0.05, 0.1) is 5.56 Å². The lowest BCUT2D eigenvalue weighted by Crippen LogP contribution is -2.34. The molecule has 0 saturated heterocycles. The molecule has 3 rings (SSSR count). The van der Waals surface area contributed by atoms with E-state index >= 15 is 0 Å². The van der Waals surface area contributed by atoms with Gasteiger partial charge in [0.25, 0.3) is 5.91 Å². The van der Waals surface area contributed by atoms with Crippen LogP contribution in [0.15, 0.2) is 48.7 Å². The molecule has 3 N–H and O–H groups in total. The molecule has 2 aromatic carbocycles. The molecular weight excluding hydrogens is 321 g/mol. The highest BCUT2D eigenvalue weighted by Gasteiger charge is 2.18. The van der Waals surface area contributed by atoms with Gasteiger partial charge in [-0.05, 0) is 49.4 Å². The van der Waals surface area contributed by atoms with Crippen LogP contribution in [0.1, 0.15) is 17.3 Å². The number of hydrogen-bond acceptors (Lipinski definition) is 3. The fourth-order valence-electron chi connectivity index (χ4n) is 2.76. The summed E-state index contributed by atoms with van der Waals surface area (Å²) in [4.78, 5) is 17.5. The molecule has 0 unspecified atom stereocenters. The van der Waals surface area contributed by atoms with Crippen LogP contribution in [0.2, 0.25) is 0 Å². The number of benzene rings is 2. The van der Waals surface area contributed by atoms with Crippen molar-refractivity contribution in [1.82, 2.24) is 9.88 Å². The lowest BCUT2D eigenvalue weighted by Gasteiger charge is -2.21. The van der Waals surface area contributed by atoms with Crippen LogP contribution in [0.5, 0.6) is 5.75 Å². The molecular formula is C19H20FN3O2. The minimum atomic E-state index is -0.363. The van der Waals surface area contributed by atoms with Gasteiger partial charge < -0.3 is 20.3 Å². The Bertz CT molecular complexity index is 874. The van der Waals surface area contributed by atoms with Crippen molar-refractivity contribution in [2.24, 2.45) is 0 Å². The molecule has 1 amide bonds. The standard InChI is InChI=1S/C19H20FN3O2/c1-2-23(10-9-21-14-4-6-15(24)7-5-14)19(25)17-12-22-18-8-3-13(20)11-16(17)18/h3-8,11-12,21-22,24H,2,9-10H2,1H3. The summed E-state index contributed by atoms with van der Waals surface area (Å²) in [7, 11) is 0. The molecule has 5 nitrogen and oxygen atoms in total. The van der Waals surface area contributed by atoms with Gasteiger partial charge in [0.2, 0.25) is 0 Å². The maximum Gasteiger partial charge on any atom is 0.256 e. The first-order valence-corrected chi connectivity index (χ1v) is 8.17. The maximum absolute atomic E-state index is 13.5. The van der Waals surface area contributed by atoms with Crippen LogP contribution in [0.3, 0.4) is 0 Å². The molecule has 3 aromatic rings. The number of anilines is 1. The molecule has 0 aliphatic carbocycles. The molecule has 1 aromatic heterocycles. The number of aromatic hydroxyl groups is 1. The van der Waals surface area contributed by atoms with Crippen LogP contribution >= 0.6 is 0 Å². The number of phenolic OH excluding ortho intramolecular Hbond substituents is 1. The van der Waals surface area contributed by atoms with Crippen LogP contribution in [0.4, 0.5) is 10.1 Å². The molecule has 130 valence electrons. The number of phenols is 1. The van der Waals surface area contributed by atoms with E-state index in [9.17, 15) is 14.3 Å². The molecule has 0 saturated carbocycles. The summed E-state index contributed by atoms with van der Waals surface area (Å²) < 4.78 is 13.5. The Labute approximate surface area is 145 Å². The Hall–Kier alpha value is -3.02. The summed E-state index contributed by atoms with van der Waals surface area (Å²) in [6.07, 6.45) is 1.63. The van der Waals surface area contributed by atoms with Crippen molar-refractivity contribution >= 4 is 22.5 Å². The Balaban J connectivity index is 1.68. The molecule has 1 heterocycles. The third kappa shape index (κ3) is 3.74. The molecule has 0 spiro atoms. The summed E-state index contributed by atoms with van der Waals surface area (Å²) in [5.74, 6) is -0.285. The predicted molar refractivity (Wildman–Crippen MR) is 96.4 cm³/mol. The van der Waals surface area contributed by atoms with Crippen molar-refractivity contribution in [2.45, 2.75) is 6.92 Å². The van der Waals surface area contributed by atoms with E-state index in [1.165, 1.54) is 12.1 Å². The van der Waals surface area contributed by atoms with E-state index < -0.39 is 0 Å². The third-order valence-electron chi connectivity index (χ3n) is 4.12. The zero-order valence-electron chi connectivity index (χ0n) is 13.9. The molecule has 6 heteroatoms. The molecule has 25 heavy (non-hydrogen) atoms. The fourth-order valence-corrected chi connectivity index (χ4v) is 2.76. The number of nitrogens with zero attached hydrogens (tertiary/aromatic N) is 1. The SMILES string of the molecule is CCN(CCNc1ccc(O)cc1)C(=O)c1c[nH]c2ccc(F)cc12. The highest BCUT2D eigenvalue weighted by molar-refractivity contribution is 6.06. The summed E-state index contributed by atoms with van der Waals surface area (Å²) in [5, 5.41) is 13.1. The van der Waals surface area contributed by atoms with Crippen molar-refractivity contribution in [1.29, 1.82) is 0 Å². The Morgan fingerprint density at radius 2 is 2.00 bits per heavy atom. The maximum atomic E-state index is 13.5. The zero-order valence-corrected chi connectivity index (χ0v) is 13.9. The Morgan fingerprint density at radius 1 is 1.24 bits per heavy atom. The van der Waals surface area contributed by atoms with Gasteiger partial charge in [0, 0.05) is 42.4 Å². The molecule has 0 radical (unpaired) electrons. The van der Waals surface area contributed by atoms with Gasteiger partial charge in [-0.15, -0.1) is 0 Å². The van der Waals surface area contributed by atoms with Crippen LogP contribution in [-0.4, -0.2) is 40.5 Å². The summed E-state index contributed by atoms with van der Waals surface area (Å²) >= 11 is 0. The fraction of sp³-hybridized carbons (Fsp3) is 0.211. The van der Waals surface area contributed by atoms with E-state index in [-0.39, 0.29) is 17.5 Å². The van der Waals surface area contributed by atoms with Crippen LogP contribution < -0.4 is 5.32 Å². The minimum absolute atomic E-state index is 0.133. The van der Waals surface area contributed by atoms with Gasteiger partial charge in [-0.1, -0.05) is 0 Å². The quantitative estimate of drug-likeness (QED) is 0.600. The monoisotopic (exact) mass is 341 g/mol. The lowest BCUT2D eigenvalue weighted by molar-refractivity contribution is 0.0772. The van der Waals surface area contributed by atoms with Gasteiger partial charge in [-0.2, -0.15) is 0 Å². The van der Waals surface area contributed by atoms with Crippen molar-refractivity contribution in [3.8, 4) is 5.75 Å². The number of hydrogen-bond donors (Lipinski definition) is 3. The van der Waals surface area contributed by atoms with Crippen molar-refractivity contribution in [2.75, 3.05) is 25.0 Å². The number of aromatic nitrogens is 1. The van der Waals surface area contributed by atoms with Crippen LogP contribution in [0, 0.1) is 5.82 Å². The predicted octanol–water partition coefficient (Wildman–Crippen LogP) is 3.59. The van der Waals surface area contributed by atoms with Crippen LogP contribution in [-0.2, 0) is 0 Å². The van der Waals surface area contributed by atoms with Crippen LogP contribution in [0.25, 0.3) is 10.9 Å². The normalized spacial score (nSPS) is 10.8. The number of H-pyrrole nitrogens is 1. The van der Waals surface area contributed by atoms with E-state index in [1.54, 1.807) is 41.4 Å². The summed E-state index contributed by atoms with van der Waals surface area (Å²) in [6, 6.07) is 11.1. The van der Waals surface area contributed by atoms with Gasteiger partial charge in [0.15, 0.2) is 0 Å². The first-order valence-electron chi connectivity index (χ1n) is 8.17. The Kier molecular flexibility index (Phi) is 4.88. The number of nitrogens with one attached hydrogen (secondary N) is 2. The molecule has 0 atom stereocenters. The smallest absolute Gasteiger partial charge is 0.256 e. The molecule has 0 aliphatic heterocycles. The number of halogens is 1. The number of fused-ring (bicyclic) bond motifs is 1. The average Bonchev–Trinajstić information content (AvgIpc) is 3.03. The number of amides is 1. The van der Waals surface area contributed by atoms with Crippen molar-refractivity contribution in [3.63, 3.8) is 0 Å². The molecule has 0 bridgehead atoms. The summed E-state index contributed by atoms with van der Waals surface area (Å²) in [6.45, 7) is 3.55. The number of carbonyl (C=O) groups excluding carboxylic acids is 1. The summed E-state index contributed by atoms with van der Waals surface area (Å²) in [5.41, 5.74) is 2.08. The number of likely N-dealkylation sites (N-methyl/N-ethyl adjacent to an activating group) is 1. The topological polar surface area (TPSA) is 68.4 Å². The largest absolute Gasteiger partial charge is 0.508 e. The average molecular weight is 341 g/mol. The van der Waals surface area contributed by atoms with Crippen molar-refractivity contribution < 1.29 is 14.3 Å². The van der Waals surface area contributed by atoms with E-state index in [2.05, 4.69) is 10.3 Å². The van der Waals surface area contributed by atoms with E-state index in [4.69, 9.17) is 0 Å². The van der Waals surface area contributed by atoms with Gasteiger partial charge in [-0.25, -0.2) is 4.39 Å². The highest BCUT2D eigenvalue weighted by atomic mass is 19.1. The number of aromatic amines is 1. The zero-order chi connectivity index (χ0) is 17.8. The van der Waals surface area contributed by atoms with E-state index in [0.717, 1.165) is 11.2 Å². The number of carbonyl (C=O) groups is 1. The Morgan fingerprint density at radius 3 is 2.72 bits per heavy atom. The molecule has 0 fully saturated rings. The minimum Gasteiger partial charge on any atom is -0.508 e. The lowest BCUT2D eigenvalue weighted by atomic mass is 10.1. The van der Waals surface area contributed by atoms with Gasteiger partial charge in [0.1, 0.15) is 11.6 Å². The van der Waals surface area contributed by atoms with Gasteiger partial charge in [-0.3, -0.25) is 4.79 Å². The first-order chi connectivity index (χ1) is 12.1. The second-order valence-electron chi connectivity index (χ2n) is 5.75. The second-order valence-corrected chi connectivity index (χ2v) is 5.75. The van der Waals surface area contributed by atoms with Gasteiger partial charge >= 0.3 is 0 Å². The van der Waals surface area contributed by atoms with Crippen molar-refractivity contribution in [3.05, 3.63) is 60.0 Å².